The molecule has 2 unspecified atom stereocenters. The van der Waals surface area contributed by atoms with Crippen LogP contribution in [0.25, 0.3) is 0 Å². The van der Waals surface area contributed by atoms with Crippen LogP contribution in [0.4, 0.5) is 4.39 Å². The fraction of sp³-hybridized carbons (Fsp3) is 0.500. The van der Waals surface area contributed by atoms with Crippen LogP contribution in [-0.2, 0) is 20.6 Å². The normalized spacial score (nSPS) is 22.9. The number of aliphatic carboxylic acids is 1. The van der Waals surface area contributed by atoms with Crippen molar-refractivity contribution in [1.82, 2.24) is 4.72 Å². The van der Waals surface area contributed by atoms with Gasteiger partial charge in [-0.1, -0.05) is 18.6 Å². The zero-order valence-corrected chi connectivity index (χ0v) is 12.3. The van der Waals surface area contributed by atoms with Crippen LogP contribution in [0.2, 0.25) is 0 Å². The number of carbonyl (C=O) groups is 1. The number of sulfonamides is 1. The summed E-state index contributed by atoms with van der Waals surface area (Å²) in [5.41, 5.74) is 0.495. The second-order valence-corrected chi connectivity index (χ2v) is 7.16. The van der Waals surface area contributed by atoms with Crippen LogP contribution in [0, 0.1) is 11.7 Å². The summed E-state index contributed by atoms with van der Waals surface area (Å²) in [6.07, 6.45) is 2.25. The molecule has 2 N–H and O–H groups in total. The van der Waals surface area contributed by atoms with E-state index in [0.717, 1.165) is 0 Å². The molecule has 0 bridgehead atoms. The van der Waals surface area contributed by atoms with Gasteiger partial charge in [-0.3, -0.25) is 4.79 Å². The fourth-order valence-electron chi connectivity index (χ4n) is 2.62. The van der Waals surface area contributed by atoms with Crippen LogP contribution in [0.15, 0.2) is 24.3 Å². The first-order valence-electron chi connectivity index (χ1n) is 6.83. The van der Waals surface area contributed by atoms with Crippen LogP contribution >= 0.6 is 0 Å². The van der Waals surface area contributed by atoms with Crippen LogP contribution in [0.1, 0.15) is 31.2 Å². The predicted molar refractivity (Wildman–Crippen MR) is 75.5 cm³/mol. The number of benzene rings is 1. The Balaban J connectivity index is 1.97. The molecule has 0 heterocycles. The molecule has 1 aliphatic carbocycles. The molecule has 1 saturated carbocycles. The van der Waals surface area contributed by atoms with Crippen molar-refractivity contribution in [2.24, 2.45) is 5.92 Å². The second kappa shape index (κ2) is 6.53. The quantitative estimate of drug-likeness (QED) is 0.869. The van der Waals surface area contributed by atoms with Gasteiger partial charge in [-0.05, 0) is 37.0 Å². The van der Waals surface area contributed by atoms with Gasteiger partial charge in [-0.2, -0.15) is 0 Å². The van der Waals surface area contributed by atoms with E-state index in [1.54, 1.807) is 0 Å². The predicted octanol–water partition coefficient (Wildman–Crippen LogP) is 1.89. The largest absolute Gasteiger partial charge is 0.481 e. The van der Waals surface area contributed by atoms with Crippen molar-refractivity contribution < 1.29 is 22.7 Å². The third-order valence-electron chi connectivity index (χ3n) is 3.64. The van der Waals surface area contributed by atoms with Gasteiger partial charge in [0.2, 0.25) is 10.0 Å². The van der Waals surface area contributed by atoms with Crippen LogP contribution in [0.5, 0.6) is 0 Å². The highest BCUT2D eigenvalue weighted by Gasteiger charge is 2.29. The molecule has 0 amide bonds. The Kier molecular flexibility index (Phi) is 4.95. The minimum absolute atomic E-state index is 0.235. The average Bonchev–Trinajstić information content (AvgIpc) is 2.41. The maximum atomic E-state index is 12.8. The van der Waals surface area contributed by atoms with Gasteiger partial charge in [-0.15, -0.1) is 0 Å². The maximum Gasteiger partial charge on any atom is 0.306 e. The van der Waals surface area contributed by atoms with Crippen LogP contribution in [0.3, 0.4) is 0 Å². The van der Waals surface area contributed by atoms with E-state index in [0.29, 0.717) is 31.2 Å². The number of halogens is 1. The summed E-state index contributed by atoms with van der Waals surface area (Å²) in [6.45, 7) is 0. The van der Waals surface area contributed by atoms with E-state index in [1.165, 1.54) is 24.3 Å². The number of rotatable bonds is 5. The summed E-state index contributed by atoms with van der Waals surface area (Å²) in [4.78, 5) is 11.0. The SMILES string of the molecule is O=C(O)C1CCCC(NS(=O)(=O)Cc2ccc(F)cc2)C1. The molecule has 0 spiro atoms. The van der Waals surface area contributed by atoms with Crippen molar-refractivity contribution in [3.8, 4) is 0 Å². The van der Waals surface area contributed by atoms with Gasteiger partial charge < -0.3 is 5.11 Å². The minimum atomic E-state index is -3.56. The Morgan fingerprint density at radius 2 is 1.95 bits per heavy atom. The van der Waals surface area contributed by atoms with Gasteiger partial charge in [0.05, 0.1) is 11.7 Å². The number of nitrogens with one attached hydrogen (secondary N) is 1. The number of hydrogen-bond acceptors (Lipinski definition) is 3. The first kappa shape index (κ1) is 15.9. The van der Waals surface area contributed by atoms with Gasteiger partial charge in [0.1, 0.15) is 5.82 Å². The topological polar surface area (TPSA) is 83.5 Å². The fourth-order valence-corrected chi connectivity index (χ4v) is 4.05. The summed E-state index contributed by atoms with van der Waals surface area (Å²) >= 11 is 0. The molecule has 2 atom stereocenters. The molecule has 21 heavy (non-hydrogen) atoms. The van der Waals surface area contributed by atoms with E-state index in [-0.39, 0.29) is 11.8 Å². The van der Waals surface area contributed by atoms with E-state index < -0.39 is 27.7 Å². The van der Waals surface area contributed by atoms with E-state index in [4.69, 9.17) is 5.11 Å². The lowest BCUT2D eigenvalue weighted by Crippen LogP contribution is -2.40. The molecule has 5 nitrogen and oxygen atoms in total. The molecule has 0 radical (unpaired) electrons. The van der Waals surface area contributed by atoms with Crippen molar-refractivity contribution in [2.45, 2.75) is 37.5 Å². The van der Waals surface area contributed by atoms with Crippen LogP contribution < -0.4 is 4.72 Å². The van der Waals surface area contributed by atoms with Gasteiger partial charge in [0.25, 0.3) is 0 Å². The number of hydrogen-bond donors (Lipinski definition) is 2. The molecule has 7 heteroatoms. The molecule has 116 valence electrons. The molecular weight excluding hydrogens is 297 g/mol. The Labute approximate surface area is 123 Å². The van der Waals surface area contributed by atoms with Crippen molar-refractivity contribution in [3.63, 3.8) is 0 Å². The zero-order valence-electron chi connectivity index (χ0n) is 11.5. The lowest BCUT2D eigenvalue weighted by molar-refractivity contribution is -0.143. The molecule has 2 rings (SSSR count). The van der Waals surface area contributed by atoms with Crippen molar-refractivity contribution in [1.29, 1.82) is 0 Å². The van der Waals surface area contributed by atoms with Crippen LogP contribution in [-0.4, -0.2) is 25.5 Å². The Morgan fingerprint density at radius 1 is 1.29 bits per heavy atom. The molecule has 1 aromatic carbocycles. The first-order chi connectivity index (χ1) is 9.85. The highest BCUT2D eigenvalue weighted by Crippen LogP contribution is 2.25. The summed E-state index contributed by atoms with van der Waals surface area (Å²) < 4.78 is 39.5. The van der Waals surface area contributed by atoms with Crippen molar-refractivity contribution in [3.05, 3.63) is 35.6 Å². The lowest BCUT2D eigenvalue weighted by atomic mass is 9.86. The third kappa shape index (κ3) is 4.78. The molecule has 1 aliphatic rings. The number of carboxylic acid groups (broad SMARTS) is 1. The van der Waals surface area contributed by atoms with E-state index >= 15 is 0 Å². The summed E-state index contributed by atoms with van der Waals surface area (Å²) in [5.74, 6) is -2.02. The maximum absolute atomic E-state index is 12.8. The van der Waals surface area contributed by atoms with Crippen molar-refractivity contribution >= 4 is 16.0 Å². The van der Waals surface area contributed by atoms with Gasteiger partial charge in [0, 0.05) is 6.04 Å². The minimum Gasteiger partial charge on any atom is -0.481 e. The summed E-state index contributed by atoms with van der Waals surface area (Å²) in [5, 5.41) is 9.00. The zero-order chi connectivity index (χ0) is 15.5. The average molecular weight is 315 g/mol. The number of carboxylic acids is 1. The third-order valence-corrected chi connectivity index (χ3v) is 5.05. The molecule has 0 aliphatic heterocycles. The Bertz CT molecular complexity index is 600. The molecule has 1 fully saturated rings. The summed E-state index contributed by atoms with van der Waals surface area (Å²) in [7, 11) is -3.56. The van der Waals surface area contributed by atoms with E-state index in [2.05, 4.69) is 4.72 Å². The molecule has 1 aromatic rings. The molecular formula is C14H18FNO4S. The second-order valence-electron chi connectivity index (χ2n) is 5.40. The Hall–Kier alpha value is -1.47. The van der Waals surface area contributed by atoms with E-state index in [1.807, 2.05) is 0 Å². The summed E-state index contributed by atoms with van der Waals surface area (Å²) in [6, 6.07) is 4.94. The smallest absolute Gasteiger partial charge is 0.306 e. The standard InChI is InChI=1S/C14H18FNO4S/c15-12-6-4-10(5-7-12)9-21(19,20)16-13-3-1-2-11(8-13)14(17)18/h4-7,11,13,16H,1-3,8-9H2,(H,17,18). The van der Waals surface area contributed by atoms with Gasteiger partial charge in [0.15, 0.2) is 0 Å². The monoisotopic (exact) mass is 315 g/mol. The highest BCUT2D eigenvalue weighted by atomic mass is 32.2. The van der Waals surface area contributed by atoms with E-state index in [9.17, 15) is 17.6 Å². The lowest BCUT2D eigenvalue weighted by Gasteiger charge is -2.27. The molecule has 0 aromatic heterocycles. The highest BCUT2D eigenvalue weighted by molar-refractivity contribution is 7.88. The Morgan fingerprint density at radius 3 is 2.57 bits per heavy atom. The first-order valence-corrected chi connectivity index (χ1v) is 8.48. The van der Waals surface area contributed by atoms with Gasteiger partial charge in [-0.25, -0.2) is 17.5 Å². The molecule has 0 saturated heterocycles. The van der Waals surface area contributed by atoms with Crippen molar-refractivity contribution in [2.75, 3.05) is 0 Å². The van der Waals surface area contributed by atoms with Gasteiger partial charge >= 0.3 is 5.97 Å².